The summed E-state index contributed by atoms with van der Waals surface area (Å²) in [5.41, 5.74) is 0.566. The molecular formula is C15H24N3O+. The van der Waals surface area contributed by atoms with Crippen LogP contribution in [0.4, 0.5) is 4.79 Å². The molecule has 104 valence electrons. The average molecular weight is 262 g/mol. The SMILES string of the molecule is C[n+]1ccn(C(=O)N2CCC3(CCCCC3)CC2)c1. The molecule has 0 bridgehead atoms. The molecule has 4 heteroatoms. The monoisotopic (exact) mass is 262 g/mol. The molecule has 1 aliphatic carbocycles. The fourth-order valence-electron chi connectivity index (χ4n) is 3.70. The van der Waals surface area contributed by atoms with Gasteiger partial charge in [0.05, 0.1) is 7.05 Å². The quantitative estimate of drug-likeness (QED) is 0.660. The predicted octanol–water partition coefficient (Wildman–Crippen LogP) is 2.33. The van der Waals surface area contributed by atoms with Gasteiger partial charge in [-0.3, -0.25) is 0 Å². The van der Waals surface area contributed by atoms with Crippen molar-refractivity contribution in [2.24, 2.45) is 12.5 Å². The number of hydrogen-bond acceptors (Lipinski definition) is 1. The molecule has 1 saturated heterocycles. The number of hydrogen-bond donors (Lipinski definition) is 0. The van der Waals surface area contributed by atoms with Gasteiger partial charge in [-0.15, -0.1) is 0 Å². The van der Waals surface area contributed by atoms with E-state index in [9.17, 15) is 4.79 Å². The van der Waals surface area contributed by atoms with Crippen molar-refractivity contribution in [3.63, 3.8) is 0 Å². The zero-order chi connectivity index (χ0) is 13.3. The van der Waals surface area contributed by atoms with Crippen LogP contribution in [0.15, 0.2) is 18.7 Å². The molecule has 0 aromatic carbocycles. The number of nitrogens with zero attached hydrogens (tertiary/aromatic N) is 3. The van der Waals surface area contributed by atoms with Crippen molar-refractivity contribution in [2.75, 3.05) is 13.1 Å². The van der Waals surface area contributed by atoms with Crippen LogP contribution in [0.3, 0.4) is 0 Å². The lowest BCUT2D eigenvalue weighted by Crippen LogP contribution is -2.45. The maximum atomic E-state index is 12.4. The molecule has 3 rings (SSSR count). The van der Waals surface area contributed by atoms with Crippen LogP contribution < -0.4 is 4.57 Å². The number of amides is 1. The van der Waals surface area contributed by atoms with E-state index < -0.39 is 0 Å². The Bertz CT molecular complexity index is 450. The predicted molar refractivity (Wildman–Crippen MR) is 72.7 cm³/mol. The number of aryl methyl sites for hydroxylation is 1. The van der Waals surface area contributed by atoms with E-state index in [0.717, 1.165) is 13.1 Å². The van der Waals surface area contributed by atoms with Crippen LogP contribution in [-0.2, 0) is 7.05 Å². The summed E-state index contributed by atoms with van der Waals surface area (Å²) in [5, 5.41) is 0. The molecule has 2 aliphatic rings. The van der Waals surface area contributed by atoms with E-state index in [2.05, 4.69) is 0 Å². The van der Waals surface area contributed by atoms with Crippen molar-refractivity contribution in [2.45, 2.75) is 44.9 Å². The van der Waals surface area contributed by atoms with Gasteiger partial charge in [-0.1, -0.05) is 19.3 Å². The van der Waals surface area contributed by atoms with Crippen molar-refractivity contribution < 1.29 is 9.36 Å². The maximum absolute atomic E-state index is 12.4. The van der Waals surface area contributed by atoms with Crippen LogP contribution in [0.2, 0.25) is 0 Å². The number of carbonyl (C=O) groups is 1. The van der Waals surface area contributed by atoms with Gasteiger partial charge >= 0.3 is 6.03 Å². The molecule has 0 atom stereocenters. The summed E-state index contributed by atoms with van der Waals surface area (Å²) in [6, 6.07) is 0.131. The van der Waals surface area contributed by atoms with Gasteiger partial charge in [0.1, 0.15) is 12.4 Å². The summed E-state index contributed by atoms with van der Waals surface area (Å²) < 4.78 is 3.60. The van der Waals surface area contributed by atoms with Crippen molar-refractivity contribution >= 4 is 6.03 Å². The van der Waals surface area contributed by atoms with E-state index in [1.165, 1.54) is 44.9 Å². The third-order valence-corrected chi connectivity index (χ3v) is 5.00. The van der Waals surface area contributed by atoms with E-state index in [-0.39, 0.29) is 6.03 Å². The highest BCUT2D eigenvalue weighted by Crippen LogP contribution is 2.44. The van der Waals surface area contributed by atoms with E-state index in [0.29, 0.717) is 5.41 Å². The standard InChI is InChI=1S/C15H24N3O/c1-16-11-12-18(13-16)14(19)17-9-7-15(8-10-17)5-3-2-4-6-15/h11-13H,2-10H2,1H3/q+1. The Morgan fingerprint density at radius 1 is 1.11 bits per heavy atom. The molecule has 1 saturated carbocycles. The molecule has 0 unspecified atom stereocenters. The Morgan fingerprint density at radius 3 is 2.37 bits per heavy atom. The second-order valence-corrected chi connectivity index (χ2v) is 6.32. The minimum Gasteiger partial charge on any atom is -0.304 e. The lowest BCUT2D eigenvalue weighted by atomic mass is 9.68. The average Bonchev–Trinajstić information content (AvgIpc) is 2.87. The molecule has 1 aromatic rings. The first-order valence-electron chi connectivity index (χ1n) is 7.51. The van der Waals surface area contributed by atoms with Crippen LogP contribution in [-0.4, -0.2) is 28.6 Å². The Labute approximate surface area is 115 Å². The molecule has 1 aromatic heterocycles. The fraction of sp³-hybridized carbons (Fsp3) is 0.733. The second kappa shape index (κ2) is 4.99. The molecule has 2 fully saturated rings. The van der Waals surface area contributed by atoms with Crippen LogP contribution in [0.5, 0.6) is 0 Å². The van der Waals surface area contributed by atoms with Gasteiger partial charge in [0.2, 0.25) is 0 Å². The van der Waals surface area contributed by atoms with Crippen LogP contribution in [0, 0.1) is 5.41 Å². The Kier molecular flexibility index (Phi) is 3.33. The second-order valence-electron chi connectivity index (χ2n) is 6.32. The lowest BCUT2D eigenvalue weighted by Gasteiger charge is -2.43. The van der Waals surface area contributed by atoms with Crippen LogP contribution in [0.1, 0.15) is 44.9 Å². The molecule has 19 heavy (non-hydrogen) atoms. The van der Waals surface area contributed by atoms with Crippen molar-refractivity contribution in [1.82, 2.24) is 9.47 Å². The van der Waals surface area contributed by atoms with Crippen molar-refractivity contribution in [1.29, 1.82) is 0 Å². The van der Waals surface area contributed by atoms with Crippen LogP contribution in [0.25, 0.3) is 0 Å². The summed E-state index contributed by atoms with van der Waals surface area (Å²) >= 11 is 0. The van der Waals surface area contributed by atoms with Gasteiger partial charge in [0, 0.05) is 13.1 Å². The van der Waals surface area contributed by atoms with E-state index in [4.69, 9.17) is 0 Å². The first kappa shape index (κ1) is 12.7. The minimum absolute atomic E-state index is 0.131. The third kappa shape index (κ3) is 2.53. The molecule has 1 amide bonds. The molecule has 2 heterocycles. The topological polar surface area (TPSA) is 29.1 Å². The molecule has 0 radical (unpaired) electrons. The Hall–Kier alpha value is -1.32. The number of piperidine rings is 1. The smallest absolute Gasteiger partial charge is 0.304 e. The highest BCUT2D eigenvalue weighted by atomic mass is 16.2. The van der Waals surface area contributed by atoms with E-state index in [1.807, 2.05) is 35.2 Å². The largest absolute Gasteiger partial charge is 0.415 e. The molecule has 1 spiro atoms. The van der Waals surface area contributed by atoms with Crippen LogP contribution >= 0.6 is 0 Å². The molecular weight excluding hydrogens is 238 g/mol. The lowest BCUT2D eigenvalue weighted by molar-refractivity contribution is -0.670. The molecule has 0 N–H and O–H groups in total. The highest BCUT2D eigenvalue weighted by molar-refractivity contribution is 5.76. The summed E-state index contributed by atoms with van der Waals surface area (Å²) in [6.45, 7) is 1.86. The number of likely N-dealkylation sites (tertiary alicyclic amines) is 1. The number of aromatic nitrogens is 2. The van der Waals surface area contributed by atoms with Gasteiger partial charge in [-0.25, -0.2) is 9.36 Å². The Morgan fingerprint density at radius 2 is 1.79 bits per heavy atom. The number of rotatable bonds is 0. The van der Waals surface area contributed by atoms with E-state index >= 15 is 0 Å². The Balaban J connectivity index is 1.62. The van der Waals surface area contributed by atoms with Gasteiger partial charge in [0.25, 0.3) is 6.33 Å². The summed E-state index contributed by atoms with van der Waals surface area (Å²) in [6.07, 6.45) is 14.9. The highest BCUT2D eigenvalue weighted by Gasteiger charge is 2.37. The van der Waals surface area contributed by atoms with Crippen molar-refractivity contribution in [3.05, 3.63) is 18.7 Å². The fourth-order valence-corrected chi connectivity index (χ4v) is 3.70. The van der Waals surface area contributed by atoms with Gasteiger partial charge < -0.3 is 4.90 Å². The zero-order valence-electron chi connectivity index (χ0n) is 11.8. The van der Waals surface area contributed by atoms with Gasteiger partial charge in [0.15, 0.2) is 0 Å². The van der Waals surface area contributed by atoms with Gasteiger partial charge in [-0.05, 0) is 31.1 Å². The van der Waals surface area contributed by atoms with Crippen molar-refractivity contribution in [3.8, 4) is 0 Å². The first-order chi connectivity index (χ1) is 9.19. The number of imidazole rings is 1. The minimum atomic E-state index is 0.131. The third-order valence-electron chi connectivity index (χ3n) is 5.00. The molecule has 4 nitrogen and oxygen atoms in total. The van der Waals surface area contributed by atoms with E-state index in [1.54, 1.807) is 4.57 Å². The summed E-state index contributed by atoms with van der Waals surface area (Å²) in [4.78, 5) is 14.4. The summed E-state index contributed by atoms with van der Waals surface area (Å²) in [7, 11) is 1.94. The zero-order valence-corrected chi connectivity index (χ0v) is 11.8. The van der Waals surface area contributed by atoms with Gasteiger partial charge in [-0.2, -0.15) is 4.57 Å². The number of carbonyl (C=O) groups excluding carboxylic acids is 1. The first-order valence-corrected chi connectivity index (χ1v) is 7.51. The molecule has 1 aliphatic heterocycles. The summed E-state index contributed by atoms with van der Waals surface area (Å²) in [5.74, 6) is 0. The normalized spacial score (nSPS) is 22.7. The maximum Gasteiger partial charge on any atom is 0.415 e.